The van der Waals surface area contributed by atoms with Crippen LogP contribution in [0.4, 0.5) is 0 Å². The summed E-state index contributed by atoms with van der Waals surface area (Å²) in [5.41, 5.74) is 1.11. The third-order valence-corrected chi connectivity index (χ3v) is 1.90. The maximum atomic E-state index is 11.2. The topological polar surface area (TPSA) is 33.2 Å². The lowest BCUT2D eigenvalue weighted by molar-refractivity contribution is -0.130. The van der Waals surface area contributed by atoms with Gasteiger partial charge in [0.25, 0.3) is 0 Å². The maximum absolute atomic E-state index is 11.2. The molecule has 3 heteroatoms. The molecule has 3 nitrogen and oxygen atoms in total. The number of pyridine rings is 1. The summed E-state index contributed by atoms with van der Waals surface area (Å²) >= 11 is 0. The second-order valence-electron chi connectivity index (χ2n) is 2.96. The number of nitrogens with zero attached hydrogens (tertiary/aromatic N) is 2. The van der Waals surface area contributed by atoms with Gasteiger partial charge in [-0.05, 0) is 17.7 Å². The Morgan fingerprint density at radius 1 is 1.46 bits per heavy atom. The van der Waals surface area contributed by atoms with E-state index < -0.39 is 0 Å². The van der Waals surface area contributed by atoms with E-state index in [-0.39, 0.29) is 5.91 Å². The molecule has 1 aromatic heterocycles. The Morgan fingerprint density at radius 3 is 2.62 bits per heavy atom. The van der Waals surface area contributed by atoms with Crippen molar-refractivity contribution in [2.75, 3.05) is 7.05 Å². The summed E-state index contributed by atoms with van der Waals surface area (Å²) in [4.78, 5) is 16.9. The zero-order chi connectivity index (χ0) is 9.68. The molecule has 0 saturated heterocycles. The smallest absolute Gasteiger partial charge is 0.222 e. The molecule has 0 aliphatic heterocycles. The van der Waals surface area contributed by atoms with E-state index in [0.717, 1.165) is 5.56 Å². The van der Waals surface area contributed by atoms with Crippen molar-refractivity contribution in [1.82, 2.24) is 9.88 Å². The summed E-state index contributed by atoms with van der Waals surface area (Å²) in [6.45, 7) is 2.53. The number of carbonyl (C=O) groups is 1. The van der Waals surface area contributed by atoms with Gasteiger partial charge in [0.1, 0.15) is 0 Å². The predicted molar refractivity (Wildman–Crippen MR) is 51.0 cm³/mol. The molecule has 0 aromatic carbocycles. The Balaban J connectivity index is 2.55. The van der Waals surface area contributed by atoms with Gasteiger partial charge < -0.3 is 4.90 Å². The molecule has 0 atom stereocenters. The second-order valence-corrected chi connectivity index (χ2v) is 2.96. The molecule has 0 spiro atoms. The van der Waals surface area contributed by atoms with Gasteiger partial charge in [-0.1, -0.05) is 6.92 Å². The highest BCUT2D eigenvalue weighted by Crippen LogP contribution is 2.01. The number of carbonyl (C=O) groups excluding carboxylic acids is 1. The molecule has 0 N–H and O–H groups in total. The van der Waals surface area contributed by atoms with Crippen LogP contribution in [0.25, 0.3) is 0 Å². The van der Waals surface area contributed by atoms with Crippen molar-refractivity contribution in [3.05, 3.63) is 30.1 Å². The molecule has 1 aromatic rings. The Hall–Kier alpha value is -1.38. The van der Waals surface area contributed by atoms with Crippen LogP contribution in [-0.4, -0.2) is 22.8 Å². The van der Waals surface area contributed by atoms with Crippen molar-refractivity contribution in [3.63, 3.8) is 0 Å². The summed E-state index contributed by atoms with van der Waals surface area (Å²) < 4.78 is 0. The predicted octanol–water partition coefficient (Wildman–Crippen LogP) is 1.45. The van der Waals surface area contributed by atoms with Gasteiger partial charge in [-0.25, -0.2) is 0 Å². The van der Waals surface area contributed by atoms with Gasteiger partial charge >= 0.3 is 0 Å². The zero-order valence-electron chi connectivity index (χ0n) is 8.03. The lowest BCUT2D eigenvalue weighted by atomic mass is 10.2. The van der Waals surface area contributed by atoms with Crippen molar-refractivity contribution < 1.29 is 4.79 Å². The molecule has 0 saturated carbocycles. The molecule has 0 radical (unpaired) electrons. The Morgan fingerprint density at radius 2 is 2.08 bits per heavy atom. The first kappa shape index (κ1) is 9.71. The number of amides is 1. The van der Waals surface area contributed by atoms with E-state index in [1.807, 2.05) is 26.1 Å². The average molecular weight is 178 g/mol. The van der Waals surface area contributed by atoms with Crippen molar-refractivity contribution in [2.24, 2.45) is 0 Å². The Kier molecular flexibility index (Phi) is 3.43. The van der Waals surface area contributed by atoms with Gasteiger partial charge in [-0.2, -0.15) is 0 Å². The summed E-state index contributed by atoms with van der Waals surface area (Å²) in [6, 6.07) is 3.83. The van der Waals surface area contributed by atoms with E-state index in [1.165, 1.54) is 0 Å². The van der Waals surface area contributed by atoms with Crippen molar-refractivity contribution in [2.45, 2.75) is 19.9 Å². The first-order valence-electron chi connectivity index (χ1n) is 4.37. The summed E-state index contributed by atoms with van der Waals surface area (Å²) in [6.07, 6.45) is 4.03. The molecule has 0 unspecified atom stereocenters. The lowest BCUT2D eigenvalue weighted by Gasteiger charge is -2.15. The van der Waals surface area contributed by atoms with Gasteiger partial charge in [0.15, 0.2) is 0 Å². The molecule has 0 aliphatic rings. The standard InChI is InChI=1S/C10H14N2O/c1-3-10(13)12(2)8-9-4-6-11-7-5-9/h4-7H,3,8H2,1-2H3. The normalized spacial score (nSPS) is 9.69. The fourth-order valence-corrected chi connectivity index (χ4v) is 1.12. The van der Waals surface area contributed by atoms with Crippen molar-refractivity contribution in [1.29, 1.82) is 0 Å². The van der Waals surface area contributed by atoms with Gasteiger partial charge in [-0.3, -0.25) is 9.78 Å². The molecular weight excluding hydrogens is 164 g/mol. The van der Waals surface area contributed by atoms with E-state index in [2.05, 4.69) is 4.98 Å². The van der Waals surface area contributed by atoms with Gasteiger partial charge in [0.2, 0.25) is 5.91 Å². The molecule has 13 heavy (non-hydrogen) atoms. The first-order valence-corrected chi connectivity index (χ1v) is 4.37. The van der Waals surface area contributed by atoms with Crippen molar-refractivity contribution in [3.8, 4) is 0 Å². The van der Waals surface area contributed by atoms with Gasteiger partial charge in [0.05, 0.1) is 0 Å². The van der Waals surface area contributed by atoms with Crippen LogP contribution < -0.4 is 0 Å². The summed E-state index contributed by atoms with van der Waals surface area (Å²) in [5.74, 6) is 0.164. The fraction of sp³-hybridized carbons (Fsp3) is 0.400. The minimum Gasteiger partial charge on any atom is -0.341 e. The van der Waals surface area contributed by atoms with Crippen LogP contribution in [0.3, 0.4) is 0 Å². The van der Waals surface area contributed by atoms with Crippen LogP contribution in [0.5, 0.6) is 0 Å². The largest absolute Gasteiger partial charge is 0.341 e. The monoisotopic (exact) mass is 178 g/mol. The van der Waals surface area contributed by atoms with E-state index >= 15 is 0 Å². The molecule has 1 amide bonds. The zero-order valence-corrected chi connectivity index (χ0v) is 8.03. The van der Waals surface area contributed by atoms with Gasteiger partial charge in [0, 0.05) is 32.4 Å². The molecule has 1 heterocycles. The molecule has 1 rings (SSSR count). The van der Waals surface area contributed by atoms with Crippen LogP contribution >= 0.6 is 0 Å². The fourth-order valence-electron chi connectivity index (χ4n) is 1.12. The minimum absolute atomic E-state index is 0.164. The van der Waals surface area contributed by atoms with E-state index in [0.29, 0.717) is 13.0 Å². The van der Waals surface area contributed by atoms with E-state index in [4.69, 9.17) is 0 Å². The highest BCUT2D eigenvalue weighted by molar-refractivity contribution is 5.75. The summed E-state index contributed by atoms with van der Waals surface area (Å²) in [7, 11) is 1.81. The van der Waals surface area contributed by atoms with Crippen LogP contribution in [0.1, 0.15) is 18.9 Å². The van der Waals surface area contributed by atoms with E-state index in [9.17, 15) is 4.79 Å². The van der Waals surface area contributed by atoms with Crippen molar-refractivity contribution >= 4 is 5.91 Å². The van der Waals surface area contributed by atoms with Crippen LogP contribution in [0, 0.1) is 0 Å². The van der Waals surface area contributed by atoms with Crippen LogP contribution in [0.15, 0.2) is 24.5 Å². The maximum Gasteiger partial charge on any atom is 0.222 e. The third-order valence-electron chi connectivity index (χ3n) is 1.90. The Bertz CT molecular complexity index is 272. The highest BCUT2D eigenvalue weighted by Gasteiger charge is 2.05. The SMILES string of the molecule is CCC(=O)N(C)Cc1ccncc1. The molecule has 0 aliphatic carbocycles. The molecule has 0 bridgehead atoms. The first-order chi connectivity index (χ1) is 6.24. The third kappa shape index (κ3) is 2.86. The Labute approximate surface area is 78.4 Å². The van der Waals surface area contributed by atoms with Crippen LogP contribution in [-0.2, 0) is 11.3 Å². The summed E-state index contributed by atoms with van der Waals surface area (Å²) in [5, 5.41) is 0. The number of rotatable bonds is 3. The van der Waals surface area contributed by atoms with E-state index in [1.54, 1.807) is 17.3 Å². The highest BCUT2D eigenvalue weighted by atomic mass is 16.2. The minimum atomic E-state index is 0.164. The average Bonchev–Trinajstić information content (AvgIpc) is 2.18. The quantitative estimate of drug-likeness (QED) is 0.701. The molecular formula is C10H14N2O. The molecule has 70 valence electrons. The number of hydrogen-bond donors (Lipinski definition) is 0. The number of hydrogen-bond acceptors (Lipinski definition) is 2. The molecule has 0 fully saturated rings. The second kappa shape index (κ2) is 4.60. The number of aromatic nitrogens is 1. The lowest BCUT2D eigenvalue weighted by Crippen LogP contribution is -2.25. The van der Waals surface area contributed by atoms with Gasteiger partial charge in [-0.15, -0.1) is 0 Å². The van der Waals surface area contributed by atoms with Crippen LogP contribution in [0.2, 0.25) is 0 Å².